The van der Waals surface area contributed by atoms with E-state index in [1.807, 2.05) is 26.8 Å². The van der Waals surface area contributed by atoms with E-state index in [0.717, 1.165) is 24.0 Å². The monoisotopic (exact) mass is 367 g/mol. The van der Waals surface area contributed by atoms with Gasteiger partial charge in [0.05, 0.1) is 12.7 Å². The highest BCUT2D eigenvalue weighted by atomic mass is 16.5. The Morgan fingerprint density at radius 1 is 1.26 bits per heavy atom. The van der Waals surface area contributed by atoms with Crippen LogP contribution in [0.1, 0.15) is 52.5 Å². The number of hydrogen-bond donors (Lipinski definition) is 0. The zero-order valence-electron chi connectivity index (χ0n) is 17.0. The van der Waals surface area contributed by atoms with Crippen LogP contribution in [0.4, 0.5) is 0 Å². The van der Waals surface area contributed by atoms with Crippen molar-refractivity contribution in [2.45, 2.75) is 47.0 Å². The van der Waals surface area contributed by atoms with Crippen LogP contribution in [0, 0.1) is 0 Å². The number of pyridine rings is 1. The molecule has 144 valence electrons. The third-order valence-corrected chi connectivity index (χ3v) is 4.24. The summed E-state index contributed by atoms with van der Waals surface area (Å²) in [7, 11) is 1.32. The van der Waals surface area contributed by atoms with E-state index in [-0.39, 0.29) is 12.2 Å². The van der Waals surface area contributed by atoms with Gasteiger partial charge < -0.3 is 4.74 Å². The van der Waals surface area contributed by atoms with E-state index >= 15 is 0 Å². The molecule has 0 saturated heterocycles. The van der Waals surface area contributed by atoms with E-state index in [9.17, 15) is 9.59 Å². The van der Waals surface area contributed by atoms with Crippen molar-refractivity contribution in [2.24, 2.45) is 0 Å². The van der Waals surface area contributed by atoms with Crippen LogP contribution in [-0.4, -0.2) is 23.8 Å². The first-order chi connectivity index (χ1) is 12.9. The Balaban J connectivity index is 0.00000176. The average Bonchev–Trinajstić information content (AvgIpc) is 2.79. The number of allylic oxidation sites excluding steroid dienone is 4. The summed E-state index contributed by atoms with van der Waals surface area (Å²) in [6.07, 6.45) is 5.07. The smallest absolute Gasteiger partial charge is 0.338 e. The van der Waals surface area contributed by atoms with Crippen molar-refractivity contribution in [1.82, 2.24) is 4.98 Å². The summed E-state index contributed by atoms with van der Waals surface area (Å²) in [5.74, 6) is -0.552. The Hall–Kier alpha value is -2.75. The molecule has 0 N–H and O–H groups in total. The summed E-state index contributed by atoms with van der Waals surface area (Å²) in [6.45, 7) is 15.6. The van der Waals surface area contributed by atoms with Gasteiger partial charge in [-0.05, 0) is 38.3 Å². The first-order valence-corrected chi connectivity index (χ1v) is 9.15. The van der Waals surface area contributed by atoms with Gasteiger partial charge in [0.1, 0.15) is 0 Å². The Kier molecular flexibility index (Phi) is 8.60. The number of hydrogen-bond acceptors (Lipinski definition) is 4. The number of esters is 1. The zero-order chi connectivity index (χ0) is 20.6. The van der Waals surface area contributed by atoms with Crippen LogP contribution in [0.5, 0.6) is 0 Å². The molecule has 1 aromatic rings. The molecule has 0 fully saturated rings. The topological polar surface area (TPSA) is 56.3 Å². The molecular weight excluding hydrogens is 338 g/mol. The van der Waals surface area contributed by atoms with Crippen molar-refractivity contribution in [1.29, 1.82) is 0 Å². The first-order valence-electron chi connectivity index (χ1n) is 9.15. The van der Waals surface area contributed by atoms with Crippen LogP contribution in [0.15, 0.2) is 65.5 Å². The minimum atomic E-state index is -0.512. The maximum absolute atomic E-state index is 12.9. The molecule has 1 aliphatic carbocycles. The molecule has 0 unspecified atom stereocenters. The SMILES string of the molecule is C=C1CCC(C)=C(/C(=C(\C(=C)C)C(=O)OC)c2cccnc2)C(=O)C1.CC. The van der Waals surface area contributed by atoms with Crippen LogP contribution in [0.25, 0.3) is 5.57 Å². The van der Waals surface area contributed by atoms with E-state index in [1.165, 1.54) is 7.11 Å². The summed E-state index contributed by atoms with van der Waals surface area (Å²) in [4.78, 5) is 29.5. The van der Waals surface area contributed by atoms with Crippen molar-refractivity contribution in [3.8, 4) is 0 Å². The highest BCUT2D eigenvalue weighted by molar-refractivity contribution is 6.17. The van der Waals surface area contributed by atoms with Gasteiger partial charge in [0.25, 0.3) is 0 Å². The fourth-order valence-electron chi connectivity index (χ4n) is 3.00. The summed E-state index contributed by atoms with van der Waals surface area (Å²) in [6, 6.07) is 3.61. The lowest BCUT2D eigenvalue weighted by Gasteiger charge is -2.18. The number of carbonyl (C=O) groups excluding carboxylic acids is 2. The molecule has 0 bridgehead atoms. The lowest BCUT2D eigenvalue weighted by molar-refractivity contribution is -0.135. The molecule has 2 rings (SSSR count). The number of ketones is 1. The zero-order valence-corrected chi connectivity index (χ0v) is 17.0. The predicted octanol–water partition coefficient (Wildman–Crippen LogP) is 5.24. The third kappa shape index (κ3) is 5.36. The molecule has 4 nitrogen and oxygen atoms in total. The summed E-state index contributed by atoms with van der Waals surface area (Å²) < 4.78 is 4.96. The summed E-state index contributed by atoms with van der Waals surface area (Å²) in [5.41, 5.74) is 4.48. The van der Waals surface area contributed by atoms with Gasteiger partial charge in [-0.15, -0.1) is 0 Å². The van der Waals surface area contributed by atoms with Crippen LogP contribution >= 0.6 is 0 Å². The molecule has 1 aliphatic rings. The maximum Gasteiger partial charge on any atom is 0.338 e. The number of aromatic nitrogens is 1. The van der Waals surface area contributed by atoms with Crippen molar-refractivity contribution >= 4 is 17.3 Å². The van der Waals surface area contributed by atoms with E-state index in [0.29, 0.717) is 27.9 Å². The second-order valence-corrected chi connectivity index (χ2v) is 6.27. The van der Waals surface area contributed by atoms with Gasteiger partial charge >= 0.3 is 5.97 Å². The lowest BCUT2D eigenvalue weighted by atomic mass is 9.85. The Morgan fingerprint density at radius 2 is 1.93 bits per heavy atom. The Bertz CT molecular complexity index is 798. The van der Waals surface area contributed by atoms with Gasteiger partial charge in [-0.2, -0.15) is 0 Å². The molecule has 27 heavy (non-hydrogen) atoms. The van der Waals surface area contributed by atoms with E-state index < -0.39 is 5.97 Å². The fourth-order valence-corrected chi connectivity index (χ4v) is 3.00. The second kappa shape index (κ2) is 10.4. The largest absolute Gasteiger partial charge is 0.465 e. The van der Waals surface area contributed by atoms with Gasteiger partial charge in [0.15, 0.2) is 5.78 Å². The van der Waals surface area contributed by atoms with Crippen molar-refractivity contribution in [3.05, 3.63) is 71.1 Å². The third-order valence-electron chi connectivity index (χ3n) is 4.24. The normalized spacial score (nSPS) is 15.3. The van der Waals surface area contributed by atoms with Crippen LogP contribution in [0.3, 0.4) is 0 Å². The molecule has 4 heteroatoms. The molecular formula is C23H29NO3. The molecule has 0 amide bonds. The number of carbonyl (C=O) groups is 2. The van der Waals surface area contributed by atoms with Gasteiger partial charge in [0, 0.05) is 35.5 Å². The van der Waals surface area contributed by atoms with Gasteiger partial charge in [-0.3, -0.25) is 9.78 Å². The van der Waals surface area contributed by atoms with Gasteiger partial charge in [0.2, 0.25) is 0 Å². The number of rotatable bonds is 4. The Morgan fingerprint density at radius 3 is 2.44 bits per heavy atom. The van der Waals surface area contributed by atoms with Crippen molar-refractivity contribution < 1.29 is 14.3 Å². The summed E-state index contributed by atoms with van der Waals surface area (Å²) >= 11 is 0. The quantitative estimate of drug-likeness (QED) is 0.316. The molecule has 0 saturated carbocycles. The lowest BCUT2D eigenvalue weighted by Crippen LogP contribution is -2.14. The van der Waals surface area contributed by atoms with Crippen LogP contribution < -0.4 is 0 Å². The highest BCUT2D eigenvalue weighted by Crippen LogP contribution is 2.37. The number of ether oxygens (including phenoxy) is 1. The molecule has 0 spiro atoms. The molecule has 1 aromatic heterocycles. The molecule has 1 heterocycles. The van der Waals surface area contributed by atoms with Gasteiger partial charge in [-0.25, -0.2) is 4.79 Å². The highest BCUT2D eigenvalue weighted by Gasteiger charge is 2.28. The van der Waals surface area contributed by atoms with Crippen LogP contribution in [0.2, 0.25) is 0 Å². The van der Waals surface area contributed by atoms with Crippen LogP contribution in [-0.2, 0) is 14.3 Å². The van der Waals surface area contributed by atoms with E-state index in [2.05, 4.69) is 18.1 Å². The first kappa shape index (κ1) is 22.3. The van der Waals surface area contributed by atoms with Crippen molar-refractivity contribution in [3.63, 3.8) is 0 Å². The number of methoxy groups -OCH3 is 1. The minimum absolute atomic E-state index is 0.0403. The number of Topliss-reactive ketones (excluding diaryl/α,β-unsaturated/α-hetero) is 1. The van der Waals surface area contributed by atoms with Crippen molar-refractivity contribution in [2.75, 3.05) is 7.11 Å². The molecule has 0 atom stereocenters. The summed E-state index contributed by atoms with van der Waals surface area (Å²) in [5, 5.41) is 0. The fraction of sp³-hybridized carbons (Fsp3) is 0.348. The Labute approximate surface area is 162 Å². The molecule has 0 aliphatic heterocycles. The molecule has 0 radical (unpaired) electrons. The average molecular weight is 367 g/mol. The molecule has 0 aromatic carbocycles. The predicted molar refractivity (Wildman–Crippen MR) is 110 cm³/mol. The minimum Gasteiger partial charge on any atom is -0.465 e. The maximum atomic E-state index is 12.9. The second-order valence-electron chi connectivity index (χ2n) is 6.27. The standard InChI is InChI=1S/C21H23NO3.C2H6/c1-13(2)18(21(24)25-5)20(16-7-6-10-22-12-16)19-15(4)9-8-14(3)11-17(19)23;1-2/h6-7,10,12H,1,3,8-9,11H2,2,4-5H3;1-2H3/b20-18+;. The van der Waals surface area contributed by atoms with E-state index in [4.69, 9.17) is 4.74 Å². The van der Waals surface area contributed by atoms with Gasteiger partial charge in [-0.1, -0.05) is 44.2 Å². The van der Waals surface area contributed by atoms with E-state index in [1.54, 1.807) is 25.4 Å². The number of nitrogens with zero attached hydrogens (tertiary/aromatic N) is 1.